The molecule has 0 atom stereocenters. The van der Waals surface area contributed by atoms with Crippen LogP contribution in [0.5, 0.6) is 0 Å². The van der Waals surface area contributed by atoms with E-state index in [0.717, 1.165) is 4.60 Å². The third kappa shape index (κ3) is 1.80. The fourth-order valence-corrected chi connectivity index (χ4v) is 3.57. The largest absolute Gasteiger partial charge is 0.302 e. The lowest BCUT2D eigenvalue weighted by Gasteiger charge is -2.47. The van der Waals surface area contributed by atoms with Gasteiger partial charge in [0.05, 0.1) is 0 Å². The number of piperidine rings is 2. The van der Waals surface area contributed by atoms with Crippen molar-refractivity contribution in [1.82, 2.24) is 9.88 Å². The van der Waals surface area contributed by atoms with E-state index >= 15 is 0 Å². The van der Waals surface area contributed by atoms with Crippen LogP contribution < -0.4 is 0 Å². The SMILES string of the molecule is Brc1ccc(C23CCCN(CCC2)C3)cn1. The van der Waals surface area contributed by atoms with Crippen LogP contribution in [0.3, 0.4) is 0 Å². The van der Waals surface area contributed by atoms with Gasteiger partial charge in [-0.05, 0) is 66.3 Å². The average Bonchev–Trinajstić information content (AvgIpc) is 2.30. The summed E-state index contributed by atoms with van der Waals surface area (Å²) in [5, 5.41) is 0. The van der Waals surface area contributed by atoms with Crippen LogP contribution in [0.15, 0.2) is 22.9 Å². The first kappa shape index (κ1) is 10.7. The van der Waals surface area contributed by atoms with Crippen molar-refractivity contribution in [2.75, 3.05) is 19.6 Å². The molecule has 2 aliphatic heterocycles. The van der Waals surface area contributed by atoms with E-state index < -0.39 is 0 Å². The number of aromatic nitrogens is 1. The fraction of sp³-hybridized carbons (Fsp3) is 0.615. The molecule has 0 N–H and O–H groups in total. The highest BCUT2D eigenvalue weighted by atomic mass is 79.9. The van der Waals surface area contributed by atoms with Crippen LogP contribution in [-0.4, -0.2) is 29.5 Å². The first-order chi connectivity index (χ1) is 7.78. The smallest absolute Gasteiger partial charge is 0.106 e. The molecule has 2 aliphatic rings. The van der Waals surface area contributed by atoms with Crippen molar-refractivity contribution in [2.24, 2.45) is 0 Å². The average molecular weight is 281 g/mol. The zero-order valence-electron chi connectivity index (χ0n) is 9.45. The Bertz CT molecular complexity index is 364. The molecule has 2 fully saturated rings. The second kappa shape index (κ2) is 4.11. The summed E-state index contributed by atoms with van der Waals surface area (Å²) in [4.78, 5) is 7.01. The van der Waals surface area contributed by atoms with Crippen molar-refractivity contribution in [3.63, 3.8) is 0 Å². The Morgan fingerprint density at radius 1 is 1.19 bits per heavy atom. The molecule has 0 amide bonds. The van der Waals surface area contributed by atoms with Gasteiger partial charge in [0.2, 0.25) is 0 Å². The van der Waals surface area contributed by atoms with Crippen molar-refractivity contribution in [2.45, 2.75) is 31.1 Å². The molecule has 0 aromatic carbocycles. The van der Waals surface area contributed by atoms with Gasteiger partial charge < -0.3 is 4.90 Å². The van der Waals surface area contributed by atoms with E-state index in [9.17, 15) is 0 Å². The van der Waals surface area contributed by atoms with Gasteiger partial charge in [-0.25, -0.2) is 4.98 Å². The number of fused-ring (bicyclic) bond motifs is 2. The molecule has 2 bridgehead atoms. The summed E-state index contributed by atoms with van der Waals surface area (Å²) in [6, 6.07) is 4.34. The maximum absolute atomic E-state index is 4.39. The third-order valence-corrected chi connectivity index (χ3v) is 4.59. The van der Waals surface area contributed by atoms with E-state index in [1.54, 1.807) is 0 Å². The highest BCUT2D eigenvalue weighted by molar-refractivity contribution is 9.10. The maximum Gasteiger partial charge on any atom is 0.106 e. The number of nitrogens with zero attached hydrogens (tertiary/aromatic N) is 2. The van der Waals surface area contributed by atoms with E-state index in [4.69, 9.17) is 0 Å². The molecule has 3 heteroatoms. The Morgan fingerprint density at radius 3 is 2.56 bits per heavy atom. The van der Waals surface area contributed by atoms with Crippen molar-refractivity contribution >= 4 is 15.9 Å². The Balaban J connectivity index is 1.93. The van der Waals surface area contributed by atoms with Gasteiger partial charge in [0, 0.05) is 18.2 Å². The number of hydrogen-bond donors (Lipinski definition) is 0. The van der Waals surface area contributed by atoms with E-state index in [2.05, 4.69) is 44.1 Å². The fourth-order valence-electron chi connectivity index (χ4n) is 3.33. The summed E-state index contributed by atoms with van der Waals surface area (Å²) in [6.45, 7) is 3.84. The zero-order chi connectivity index (χ0) is 11.0. The molecule has 0 unspecified atom stereocenters. The molecule has 1 aromatic rings. The van der Waals surface area contributed by atoms with Gasteiger partial charge in [-0.15, -0.1) is 0 Å². The van der Waals surface area contributed by atoms with Gasteiger partial charge in [0.1, 0.15) is 4.60 Å². The van der Waals surface area contributed by atoms with Crippen LogP contribution in [-0.2, 0) is 5.41 Å². The van der Waals surface area contributed by atoms with Crippen LogP contribution in [0, 0.1) is 0 Å². The second-order valence-corrected chi connectivity index (χ2v) is 5.95. The Labute approximate surface area is 105 Å². The highest BCUT2D eigenvalue weighted by Gasteiger charge is 2.39. The normalized spacial score (nSPS) is 33.7. The molecule has 16 heavy (non-hydrogen) atoms. The first-order valence-electron chi connectivity index (χ1n) is 6.13. The molecule has 3 rings (SSSR count). The summed E-state index contributed by atoms with van der Waals surface area (Å²) in [6.07, 6.45) is 7.44. The quantitative estimate of drug-likeness (QED) is 0.736. The molecular weight excluding hydrogens is 264 g/mol. The molecule has 0 spiro atoms. The van der Waals surface area contributed by atoms with Gasteiger partial charge in [-0.2, -0.15) is 0 Å². The van der Waals surface area contributed by atoms with Crippen molar-refractivity contribution < 1.29 is 0 Å². The summed E-state index contributed by atoms with van der Waals surface area (Å²) >= 11 is 3.41. The monoisotopic (exact) mass is 280 g/mol. The van der Waals surface area contributed by atoms with Crippen molar-refractivity contribution in [3.8, 4) is 0 Å². The Morgan fingerprint density at radius 2 is 1.94 bits per heavy atom. The molecule has 3 heterocycles. The maximum atomic E-state index is 4.39. The third-order valence-electron chi connectivity index (χ3n) is 4.13. The van der Waals surface area contributed by atoms with Crippen LogP contribution in [0.25, 0.3) is 0 Å². The minimum Gasteiger partial charge on any atom is -0.302 e. The predicted octanol–water partition coefficient (Wildman–Crippen LogP) is 2.97. The highest BCUT2D eigenvalue weighted by Crippen LogP contribution is 2.40. The molecule has 0 saturated carbocycles. The van der Waals surface area contributed by atoms with Gasteiger partial charge in [0.25, 0.3) is 0 Å². The molecule has 0 aliphatic carbocycles. The van der Waals surface area contributed by atoms with E-state index in [1.807, 2.05) is 0 Å². The summed E-state index contributed by atoms with van der Waals surface area (Å²) < 4.78 is 0.941. The molecular formula is C13H17BrN2. The Hall–Kier alpha value is -0.410. The summed E-state index contributed by atoms with van der Waals surface area (Å²) in [7, 11) is 0. The number of pyridine rings is 1. The number of hydrogen-bond acceptors (Lipinski definition) is 2. The summed E-state index contributed by atoms with van der Waals surface area (Å²) in [5.74, 6) is 0. The van der Waals surface area contributed by atoms with Crippen LogP contribution in [0.2, 0.25) is 0 Å². The van der Waals surface area contributed by atoms with Gasteiger partial charge in [-0.3, -0.25) is 0 Å². The first-order valence-corrected chi connectivity index (χ1v) is 6.92. The van der Waals surface area contributed by atoms with Crippen LogP contribution in [0.4, 0.5) is 0 Å². The summed E-state index contributed by atoms with van der Waals surface area (Å²) in [5.41, 5.74) is 1.85. The predicted molar refractivity (Wildman–Crippen MR) is 68.5 cm³/mol. The van der Waals surface area contributed by atoms with Crippen molar-refractivity contribution in [1.29, 1.82) is 0 Å². The lowest BCUT2D eigenvalue weighted by atomic mass is 9.69. The minimum absolute atomic E-state index is 0.407. The van der Waals surface area contributed by atoms with Crippen LogP contribution in [0.1, 0.15) is 31.2 Å². The van der Waals surface area contributed by atoms with E-state index in [-0.39, 0.29) is 0 Å². The second-order valence-electron chi connectivity index (χ2n) is 5.13. The Kier molecular flexibility index (Phi) is 2.76. The van der Waals surface area contributed by atoms with Gasteiger partial charge in [-0.1, -0.05) is 6.07 Å². The van der Waals surface area contributed by atoms with Crippen LogP contribution >= 0.6 is 15.9 Å². The van der Waals surface area contributed by atoms with Gasteiger partial charge >= 0.3 is 0 Å². The molecule has 86 valence electrons. The topological polar surface area (TPSA) is 16.1 Å². The van der Waals surface area contributed by atoms with E-state index in [1.165, 1.54) is 50.9 Å². The number of halogens is 1. The lowest BCUT2D eigenvalue weighted by molar-refractivity contribution is 0.0940. The lowest BCUT2D eigenvalue weighted by Crippen LogP contribution is -2.50. The number of rotatable bonds is 1. The van der Waals surface area contributed by atoms with Crippen molar-refractivity contribution in [3.05, 3.63) is 28.5 Å². The standard InChI is InChI=1S/C13H17BrN2/c14-12-4-3-11(9-15-12)13-5-1-7-16(10-13)8-2-6-13/h3-4,9H,1-2,5-8,10H2. The molecule has 2 nitrogen and oxygen atoms in total. The van der Waals surface area contributed by atoms with Gasteiger partial charge in [0.15, 0.2) is 0 Å². The molecule has 2 saturated heterocycles. The van der Waals surface area contributed by atoms with E-state index in [0.29, 0.717) is 5.41 Å². The molecule has 0 radical (unpaired) electrons. The molecule has 1 aromatic heterocycles. The minimum atomic E-state index is 0.407. The zero-order valence-corrected chi connectivity index (χ0v) is 11.0.